The van der Waals surface area contributed by atoms with E-state index in [1.54, 1.807) is 4.90 Å². The van der Waals surface area contributed by atoms with Crippen LogP contribution in [0.15, 0.2) is 18.2 Å². The molecule has 2 atom stereocenters. The lowest BCUT2D eigenvalue weighted by atomic mass is 9.94. The molecule has 5 heteroatoms. The Bertz CT molecular complexity index is 489. The minimum Gasteiger partial charge on any atom is -0.508 e. The summed E-state index contributed by atoms with van der Waals surface area (Å²) in [7, 11) is 0. The molecule has 19 heavy (non-hydrogen) atoms. The molecule has 2 aliphatic heterocycles. The van der Waals surface area contributed by atoms with Crippen molar-refractivity contribution in [3.63, 3.8) is 0 Å². The largest absolute Gasteiger partial charge is 0.508 e. The molecule has 0 aromatic heterocycles. The van der Waals surface area contributed by atoms with Crippen molar-refractivity contribution in [2.24, 2.45) is 5.92 Å². The van der Waals surface area contributed by atoms with Crippen molar-refractivity contribution in [1.82, 2.24) is 10.2 Å². The molecule has 2 heterocycles. The van der Waals surface area contributed by atoms with Gasteiger partial charge in [-0.3, -0.25) is 4.79 Å². The summed E-state index contributed by atoms with van der Waals surface area (Å²) in [6.45, 7) is 2.47. The highest BCUT2D eigenvalue weighted by Crippen LogP contribution is 2.29. The number of rotatable bonds is 1. The average molecular weight is 262 g/mol. The first-order valence-electron chi connectivity index (χ1n) is 6.70. The first-order chi connectivity index (χ1) is 9.15. The van der Waals surface area contributed by atoms with Crippen LogP contribution in [-0.4, -0.2) is 46.7 Å². The molecule has 2 saturated heterocycles. The summed E-state index contributed by atoms with van der Waals surface area (Å²) in [5.74, 6) is 0.171. The van der Waals surface area contributed by atoms with Crippen LogP contribution in [0.4, 0.5) is 0 Å². The van der Waals surface area contributed by atoms with Crippen molar-refractivity contribution < 1.29 is 15.0 Å². The van der Waals surface area contributed by atoms with Crippen LogP contribution in [-0.2, 0) is 0 Å². The van der Waals surface area contributed by atoms with Crippen LogP contribution in [0.1, 0.15) is 23.2 Å². The molecule has 0 aliphatic carbocycles. The highest BCUT2D eigenvalue weighted by Gasteiger charge is 2.37. The van der Waals surface area contributed by atoms with Gasteiger partial charge in [0.2, 0.25) is 0 Å². The van der Waals surface area contributed by atoms with Crippen molar-refractivity contribution in [3.8, 4) is 11.5 Å². The van der Waals surface area contributed by atoms with Crippen molar-refractivity contribution >= 4 is 5.91 Å². The van der Waals surface area contributed by atoms with Gasteiger partial charge in [0.25, 0.3) is 5.91 Å². The van der Waals surface area contributed by atoms with Gasteiger partial charge < -0.3 is 20.4 Å². The Hall–Kier alpha value is -1.75. The van der Waals surface area contributed by atoms with Gasteiger partial charge in [-0.05, 0) is 37.4 Å². The van der Waals surface area contributed by atoms with Crippen LogP contribution in [0.2, 0.25) is 0 Å². The Balaban J connectivity index is 1.77. The Kier molecular flexibility index (Phi) is 3.06. The maximum atomic E-state index is 12.4. The van der Waals surface area contributed by atoms with Gasteiger partial charge >= 0.3 is 0 Å². The lowest BCUT2D eigenvalue weighted by Crippen LogP contribution is -2.41. The molecule has 1 aromatic carbocycles. The number of piperidine rings is 1. The maximum absolute atomic E-state index is 12.4. The molecule has 1 aromatic rings. The van der Waals surface area contributed by atoms with E-state index < -0.39 is 0 Å². The topological polar surface area (TPSA) is 72.8 Å². The second-order valence-electron chi connectivity index (χ2n) is 5.37. The number of benzene rings is 1. The molecule has 0 spiro atoms. The van der Waals surface area contributed by atoms with Crippen LogP contribution < -0.4 is 5.32 Å². The van der Waals surface area contributed by atoms with Gasteiger partial charge in [0.1, 0.15) is 11.5 Å². The predicted molar refractivity (Wildman–Crippen MR) is 70.2 cm³/mol. The summed E-state index contributed by atoms with van der Waals surface area (Å²) in [5, 5.41) is 22.5. The van der Waals surface area contributed by atoms with E-state index in [4.69, 9.17) is 0 Å². The van der Waals surface area contributed by atoms with E-state index in [0.717, 1.165) is 25.9 Å². The molecular formula is C14H18N2O3. The van der Waals surface area contributed by atoms with Gasteiger partial charge in [-0.15, -0.1) is 0 Å². The number of carbonyl (C=O) groups excluding carboxylic acids is 1. The lowest BCUT2D eigenvalue weighted by Gasteiger charge is -2.24. The fourth-order valence-corrected chi connectivity index (χ4v) is 3.08. The van der Waals surface area contributed by atoms with Gasteiger partial charge in [-0.25, -0.2) is 0 Å². The second-order valence-corrected chi connectivity index (χ2v) is 5.37. The molecule has 5 nitrogen and oxygen atoms in total. The minimum absolute atomic E-state index is 0.0363. The van der Waals surface area contributed by atoms with Gasteiger partial charge in [-0.1, -0.05) is 0 Å². The molecule has 2 fully saturated rings. The average Bonchev–Trinajstić information content (AvgIpc) is 2.81. The molecule has 1 amide bonds. The van der Waals surface area contributed by atoms with E-state index >= 15 is 0 Å². The van der Waals surface area contributed by atoms with Gasteiger partial charge in [0.05, 0.1) is 5.56 Å². The van der Waals surface area contributed by atoms with E-state index in [2.05, 4.69) is 5.32 Å². The van der Waals surface area contributed by atoms with Crippen molar-refractivity contribution in [2.45, 2.75) is 18.9 Å². The van der Waals surface area contributed by atoms with E-state index in [-0.39, 0.29) is 23.0 Å². The second kappa shape index (κ2) is 4.74. The standard InChI is InChI=1S/C14H18N2O3/c17-10-3-4-11(13(18)6-10)14(19)16-7-9-2-1-5-15-12(9)8-16/h3-4,6,9,12,15,17-18H,1-2,5,7-8H2. The Morgan fingerprint density at radius 2 is 2.16 bits per heavy atom. The Morgan fingerprint density at radius 1 is 1.32 bits per heavy atom. The normalized spacial score (nSPS) is 26.2. The summed E-state index contributed by atoms with van der Waals surface area (Å²) in [6.07, 6.45) is 2.32. The number of nitrogens with one attached hydrogen (secondary N) is 1. The molecule has 0 saturated carbocycles. The third kappa shape index (κ3) is 2.26. The van der Waals surface area contributed by atoms with Gasteiger partial charge in [-0.2, -0.15) is 0 Å². The molecule has 0 bridgehead atoms. The number of amides is 1. The fraction of sp³-hybridized carbons (Fsp3) is 0.500. The number of hydrogen-bond acceptors (Lipinski definition) is 4. The molecule has 102 valence electrons. The Labute approximate surface area is 111 Å². The van der Waals surface area contributed by atoms with E-state index in [1.807, 2.05) is 0 Å². The lowest BCUT2D eigenvalue weighted by molar-refractivity contribution is 0.0782. The number of phenols is 2. The number of likely N-dealkylation sites (tertiary alicyclic amines) is 1. The van der Waals surface area contributed by atoms with Gasteiger partial charge in [0, 0.05) is 25.2 Å². The third-order valence-electron chi connectivity index (χ3n) is 4.10. The Morgan fingerprint density at radius 3 is 2.89 bits per heavy atom. The minimum atomic E-state index is -0.159. The number of nitrogens with zero attached hydrogens (tertiary/aromatic N) is 1. The number of phenolic OH excluding ortho intramolecular Hbond substituents is 2. The third-order valence-corrected chi connectivity index (χ3v) is 4.10. The summed E-state index contributed by atoms with van der Waals surface area (Å²) in [4.78, 5) is 14.2. The summed E-state index contributed by atoms with van der Waals surface area (Å²) in [5.41, 5.74) is 0.261. The smallest absolute Gasteiger partial charge is 0.257 e. The highest BCUT2D eigenvalue weighted by atomic mass is 16.3. The number of fused-ring (bicyclic) bond motifs is 1. The maximum Gasteiger partial charge on any atom is 0.257 e. The van der Waals surface area contributed by atoms with Crippen molar-refractivity contribution in [3.05, 3.63) is 23.8 Å². The molecular weight excluding hydrogens is 244 g/mol. The zero-order valence-electron chi connectivity index (χ0n) is 10.7. The summed E-state index contributed by atoms with van der Waals surface area (Å²) < 4.78 is 0. The zero-order chi connectivity index (χ0) is 13.4. The summed E-state index contributed by atoms with van der Waals surface area (Å²) in [6, 6.07) is 4.49. The SMILES string of the molecule is O=C(c1ccc(O)cc1O)N1CC2CCCNC2C1. The van der Waals surface area contributed by atoms with Crippen molar-refractivity contribution in [1.29, 1.82) is 0 Å². The van der Waals surface area contributed by atoms with E-state index in [0.29, 0.717) is 18.5 Å². The molecule has 2 unspecified atom stereocenters. The van der Waals surface area contributed by atoms with E-state index in [1.165, 1.54) is 18.2 Å². The van der Waals surface area contributed by atoms with Gasteiger partial charge in [0.15, 0.2) is 0 Å². The van der Waals surface area contributed by atoms with Crippen molar-refractivity contribution in [2.75, 3.05) is 19.6 Å². The molecule has 0 radical (unpaired) electrons. The molecule has 2 aliphatic rings. The van der Waals surface area contributed by atoms with Crippen LogP contribution in [0, 0.1) is 5.92 Å². The number of hydrogen-bond donors (Lipinski definition) is 3. The molecule has 3 rings (SSSR count). The highest BCUT2D eigenvalue weighted by molar-refractivity contribution is 5.97. The first-order valence-corrected chi connectivity index (χ1v) is 6.70. The zero-order valence-corrected chi connectivity index (χ0v) is 10.7. The summed E-state index contributed by atoms with van der Waals surface area (Å²) >= 11 is 0. The monoisotopic (exact) mass is 262 g/mol. The van der Waals surface area contributed by atoms with Crippen LogP contribution in [0.3, 0.4) is 0 Å². The number of carbonyl (C=O) groups is 1. The van der Waals surface area contributed by atoms with Crippen LogP contribution in [0.25, 0.3) is 0 Å². The van der Waals surface area contributed by atoms with Crippen LogP contribution >= 0.6 is 0 Å². The number of aromatic hydroxyl groups is 2. The first kappa shape index (κ1) is 12.3. The van der Waals surface area contributed by atoms with Crippen LogP contribution in [0.5, 0.6) is 11.5 Å². The molecule has 3 N–H and O–H groups in total. The quantitative estimate of drug-likeness (QED) is 0.704. The predicted octanol–water partition coefficient (Wildman–Crippen LogP) is 0.922. The van der Waals surface area contributed by atoms with E-state index in [9.17, 15) is 15.0 Å². The fourth-order valence-electron chi connectivity index (χ4n) is 3.08.